The fourth-order valence-corrected chi connectivity index (χ4v) is 3.69. The lowest BCUT2D eigenvalue weighted by atomic mass is 10.0. The molecule has 4 aromatic rings. The number of nitrogens with one attached hydrogen (secondary N) is 1. The number of rotatable bonds is 8. The van der Waals surface area contributed by atoms with Gasteiger partial charge in [0.25, 0.3) is 11.7 Å². The summed E-state index contributed by atoms with van der Waals surface area (Å²) in [6.07, 6.45) is 3.52. The highest BCUT2D eigenvalue weighted by Crippen LogP contribution is 2.29. The molecule has 4 rings (SSSR count). The largest absolute Gasteiger partial charge is 0.462 e. The maximum atomic E-state index is 13.3. The second-order valence-corrected chi connectivity index (χ2v) is 8.12. The van der Waals surface area contributed by atoms with Crippen molar-refractivity contribution in [3.05, 3.63) is 95.8 Å². The molecule has 0 saturated carbocycles. The highest BCUT2D eigenvalue weighted by Gasteiger charge is 2.25. The molecule has 0 atom stereocenters. The van der Waals surface area contributed by atoms with Gasteiger partial charge in [-0.1, -0.05) is 49.2 Å². The van der Waals surface area contributed by atoms with Crippen molar-refractivity contribution >= 4 is 28.9 Å². The summed E-state index contributed by atoms with van der Waals surface area (Å²) in [5.74, 6) is -1.81. The number of hydrogen-bond acceptors (Lipinski definition) is 4. The van der Waals surface area contributed by atoms with Crippen molar-refractivity contribution in [1.82, 2.24) is 4.40 Å². The summed E-state index contributed by atoms with van der Waals surface area (Å²) in [6.45, 7) is 4.39. The monoisotopic (exact) mass is 454 g/mol. The smallest absolute Gasteiger partial charge is 0.338 e. The Balaban J connectivity index is 1.57. The highest BCUT2D eigenvalue weighted by molar-refractivity contribution is 6.47. The SMILES string of the molecule is CCCCOC(=O)c1ccc(NC(=O)C(=O)c2c(-c3ccc(C)cc3)cc3ccccn23)cc1. The number of fused-ring (bicyclic) bond motifs is 1. The van der Waals surface area contributed by atoms with Crippen LogP contribution >= 0.6 is 0 Å². The number of unbranched alkanes of at least 4 members (excludes halogenated alkanes) is 1. The van der Waals surface area contributed by atoms with Crippen LogP contribution in [0.25, 0.3) is 16.6 Å². The van der Waals surface area contributed by atoms with Gasteiger partial charge >= 0.3 is 5.97 Å². The maximum Gasteiger partial charge on any atom is 0.338 e. The maximum absolute atomic E-state index is 13.3. The summed E-state index contributed by atoms with van der Waals surface area (Å²) < 4.78 is 6.93. The van der Waals surface area contributed by atoms with E-state index in [9.17, 15) is 14.4 Å². The number of pyridine rings is 1. The minimum atomic E-state index is -0.754. The van der Waals surface area contributed by atoms with Gasteiger partial charge in [0, 0.05) is 23.0 Å². The van der Waals surface area contributed by atoms with Crippen molar-refractivity contribution in [1.29, 1.82) is 0 Å². The number of carbonyl (C=O) groups is 3. The Labute approximate surface area is 198 Å². The van der Waals surface area contributed by atoms with Crippen molar-refractivity contribution in [2.24, 2.45) is 0 Å². The fraction of sp³-hybridized carbons (Fsp3) is 0.179. The molecular formula is C28H26N2O4. The topological polar surface area (TPSA) is 76.9 Å². The van der Waals surface area contributed by atoms with E-state index in [0.29, 0.717) is 29.1 Å². The Morgan fingerprint density at radius 3 is 2.38 bits per heavy atom. The number of aromatic nitrogens is 1. The Hall–Kier alpha value is -4.19. The molecule has 0 radical (unpaired) electrons. The first-order valence-electron chi connectivity index (χ1n) is 11.3. The Bertz CT molecular complexity index is 1340. The van der Waals surface area contributed by atoms with Crippen LogP contribution in [0.2, 0.25) is 0 Å². The van der Waals surface area contributed by atoms with Gasteiger partial charge in [0.2, 0.25) is 0 Å². The van der Waals surface area contributed by atoms with Crippen LogP contribution in [0.15, 0.2) is 79.0 Å². The summed E-state index contributed by atoms with van der Waals surface area (Å²) in [6, 6.07) is 21.6. The molecule has 0 unspecified atom stereocenters. The Morgan fingerprint density at radius 1 is 0.941 bits per heavy atom. The molecule has 6 nitrogen and oxygen atoms in total. The number of amides is 1. The number of Topliss-reactive ketones (excluding diaryl/α,β-unsaturated/α-hetero) is 1. The average molecular weight is 455 g/mol. The van der Waals surface area contributed by atoms with Gasteiger partial charge in [-0.2, -0.15) is 0 Å². The molecule has 0 saturated heterocycles. The van der Waals surface area contributed by atoms with Crippen molar-refractivity contribution in [3.8, 4) is 11.1 Å². The van der Waals surface area contributed by atoms with Gasteiger partial charge in [-0.25, -0.2) is 4.79 Å². The van der Waals surface area contributed by atoms with E-state index in [1.807, 2.05) is 62.4 Å². The van der Waals surface area contributed by atoms with Gasteiger partial charge in [0.05, 0.1) is 12.2 Å². The molecule has 0 aliphatic carbocycles. The number of benzene rings is 2. The molecule has 2 aromatic carbocycles. The molecule has 2 heterocycles. The molecule has 0 aliphatic rings. The molecular weight excluding hydrogens is 428 g/mol. The number of anilines is 1. The van der Waals surface area contributed by atoms with Crippen LogP contribution in [0.4, 0.5) is 5.69 Å². The summed E-state index contributed by atoms with van der Waals surface area (Å²) in [7, 11) is 0. The van der Waals surface area contributed by atoms with Crippen molar-refractivity contribution in [2.75, 3.05) is 11.9 Å². The van der Waals surface area contributed by atoms with Gasteiger partial charge in [-0.15, -0.1) is 0 Å². The third kappa shape index (κ3) is 4.91. The summed E-state index contributed by atoms with van der Waals surface area (Å²) in [4.78, 5) is 38.3. The fourth-order valence-electron chi connectivity index (χ4n) is 3.69. The Morgan fingerprint density at radius 2 is 1.68 bits per heavy atom. The van der Waals surface area contributed by atoms with E-state index in [2.05, 4.69) is 5.32 Å². The van der Waals surface area contributed by atoms with Gasteiger partial charge in [-0.05, 0) is 61.4 Å². The number of ketones is 1. The number of esters is 1. The van der Waals surface area contributed by atoms with E-state index in [1.54, 1.807) is 34.9 Å². The van der Waals surface area contributed by atoms with Crippen molar-refractivity contribution in [3.63, 3.8) is 0 Å². The standard InChI is InChI=1S/C28H26N2O4/c1-3-4-17-34-28(33)21-12-14-22(15-13-21)29-27(32)26(31)25-24(20-10-8-19(2)9-11-20)18-23-7-5-6-16-30(23)25/h5-16,18H,3-4,17H2,1-2H3,(H,29,32). The molecule has 0 aliphatic heterocycles. The molecule has 6 heteroatoms. The average Bonchev–Trinajstić information content (AvgIpc) is 3.24. The van der Waals surface area contributed by atoms with Crippen LogP contribution in [-0.4, -0.2) is 28.7 Å². The van der Waals surface area contributed by atoms with Crippen LogP contribution < -0.4 is 5.32 Å². The number of aryl methyl sites for hydroxylation is 1. The third-order valence-corrected chi connectivity index (χ3v) is 5.57. The van der Waals surface area contributed by atoms with Gasteiger partial charge in [0.1, 0.15) is 5.69 Å². The molecule has 172 valence electrons. The molecule has 2 aromatic heterocycles. The minimum Gasteiger partial charge on any atom is -0.462 e. The predicted molar refractivity (Wildman–Crippen MR) is 132 cm³/mol. The zero-order valence-corrected chi connectivity index (χ0v) is 19.2. The normalized spacial score (nSPS) is 10.8. The van der Waals surface area contributed by atoms with Crippen LogP contribution in [-0.2, 0) is 9.53 Å². The zero-order valence-electron chi connectivity index (χ0n) is 19.2. The van der Waals surface area contributed by atoms with E-state index < -0.39 is 17.7 Å². The molecule has 1 amide bonds. The number of hydrogen-bond donors (Lipinski definition) is 1. The van der Waals surface area contributed by atoms with E-state index in [1.165, 1.54) is 0 Å². The minimum absolute atomic E-state index is 0.299. The highest BCUT2D eigenvalue weighted by atomic mass is 16.5. The van der Waals surface area contributed by atoms with Crippen LogP contribution in [0.1, 0.15) is 46.2 Å². The molecule has 34 heavy (non-hydrogen) atoms. The van der Waals surface area contributed by atoms with E-state index in [-0.39, 0.29) is 0 Å². The first-order chi connectivity index (χ1) is 16.5. The summed E-state index contributed by atoms with van der Waals surface area (Å²) in [5.41, 5.74) is 4.58. The molecule has 0 fully saturated rings. The third-order valence-electron chi connectivity index (χ3n) is 5.57. The molecule has 1 N–H and O–H groups in total. The van der Waals surface area contributed by atoms with Crippen LogP contribution in [0, 0.1) is 6.92 Å². The first-order valence-corrected chi connectivity index (χ1v) is 11.3. The Kier molecular flexibility index (Phi) is 6.87. The van der Waals surface area contributed by atoms with Crippen molar-refractivity contribution < 1.29 is 19.1 Å². The number of nitrogens with zero attached hydrogens (tertiary/aromatic N) is 1. The van der Waals surface area contributed by atoms with Gasteiger partial charge in [0.15, 0.2) is 0 Å². The lowest BCUT2D eigenvalue weighted by Crippen LogP contribution is -2.24. The second kappa shape index (κ2) is 10.2. The van der Waals surface area contributed by atoms with Crippen LogP contribution in [0.5, 0.6) is 0 Å². The van der Waals surface area contributed by atoms with Gasteiger partial charge < -0.3 is 14.5 Å². The van der Waals surface area contributed by atoms with E-state index in [0.717, 1.165) is 29.5 Å². The lowest BCUT2D eigenvalue weighted by molar-refractivity contribution is -0.112. The summed E-state index contributed by atoms with van der Waals surface area (Å²) >= 11 is 0. The zero-order chi connectivity index (χ0) is 24.1. The number of carbonyl (C=O) groups excluding carboxylic acids is 3. The van der Waals surface area contributed by atoms with Gasteiger partial charge in [-0.3, -0.25) is 9.59 Å². The lowest BCUT2D eigenvalue weighted by Gasteiger charge is -2.09. The summed E-state index contributed by atoms with van der Waals surface area (Å²) in [5, 5.41) is 2.65. The van der Waals surface area contributed by atoms with E-state index >= 15 is 0 Å². The van der Waals surface area contributed by atoms with Crippen LogP contribution in [0.3, 0.4) is 0 Å². The quantitative estimate of drug-likeness (QED) is 0.161. The van der Waals surface area contributed by atoms with E-state index in [4.69, 9.17) is 4.74 Å². The van der Waals surface area contributed by atoms with Crippen molar-refractivity contribution in [2.45, 2.75) is 26.7 Å². The molecule has 0 spiro atoms. The first kappa shape index (κ1) is 23.0. The molecule has 0 bridgehead atoms. The number of ether oxygens (including phenoxy) is 1. The second-order valence-electron chi connectivity index (χ2n) is 8.12. The predicted octanol–water partition coefficient (Wildman–Crippen LogP) is 5.69.